The number of benzene rings is 2. The maximum atomic E-state index is 9.45. The van der Waals surface area contributed by atoms with Crippen LogP contribution in [0.25, 0.3) is 0 Å². The standard InChI is InChI=1S/C16H16N2O2/c1-20-15-7-5-12(6-8-15)11-18-16(10-17)13-3-2-4-14(19)9-13/h2-9,16,18-19H,11H2,1H3. The van der Waals surface area contributed by atoms with Crippen LogP contribution in [0.15, 0.2) is 48.5 Å². The van der Waals surface area contributed by atoms with E-state index in [4.69, 9.17) is 4.74 Å². The van der Waals surface area contributed by atoms with Gasteiger partial charge < -0.3 is 9.84 Å². The van der Waals surface area contributed by atoms with Crippen molar-refractivity contribution >= 4 is 0 Å². The number of hydrogen-bond acceptors (Lipinski definition) is 4. The fourth-order valence-corrected chi connectivity index (χ4v) is 1.91. The first-order chi connectivity index (χ1) is 9.72. The van der Waals surface area contributed by atoms with Gasteiger partial charge in [0.2, 0.25) is 0 Å². The smallest absolute Gasteiger partial charge is 0.121 e. The fraction of sp³-hybridized carbons (Fsp3) is 0.188. The Labute approximate surface area is 118 Å². The lowest BCUT2D eigenvalue weighted by molar-refractivity contribution is 0.414. The van der Waals surface area contributed by atoms with Crippen molar-refractivity contribution in [3.63, 3.8) is 0 Å². The molecule has 0 radical (unpaired) electrons. The second kappa shape index (κ2) is 6.60. The highest BCUT2D eigenvalue weighted by Gasteiger charge is 2.10. The molecule has 2 aromatic carbocycles. The number of nitrogens with zero attached hydrogens (tertiary/aromatic N) is 1. The Bertz CT molecular complexity index is 603. The van der Waals surface area contributed by atoms with E-state index in [1.165, 1.54) is 0 Å². The average Bonchev–Trinajstić information content (AvgIpc) is 2.48. The molecule has 0 aromatic heterocycles. The van der Waals surface area contributed by atoms with Gasteiger partial charge in [-0.1, -0.05) is 24.3 Å². The van der Waals surface area contributed by atoms with Crippen LogP contribution in [-0.4, -0.2) is 12.2 Å². The first-order valence-corrected chi connectivity index (χ1v) is 6.28. The van der Waals surface area contributed by atoms with Crippen molar-refractivity contribution in [3.8, 4) is 17.6 Å². The minimum absolute atomic E-state index is 0.161. The van der Waals surface area contributed by atoms with Crippen LogP contribution >= 0.6 is 0 Å². The zero-order chi connectivity index (χ0) is 14.4. The second-order valence-electron chi connectivity index (χ2n) is 4.39. The van der Waals surface area contributed by atoms with Gasteiger partial charge in [-0.05, 0) is 35.4 Å². The second-order valence-corrected chi connectivity index (χ2v) is 4.39. The maximum Gasteiger partial charge on any atom is 0.121 e. The molecule has 0 bridgehead atoms. The normalized spacial score (nSPS) is 11.6. The molecule has 1 unspecified atom stereocenters. The van der Waals surface area contributed by atoms with E-state index in [1.54, 1.807) is 25.3 Å². The van der Waals surface area contributed by atoms with Gasteiger partial charge in [-0.15, -0.1) is 0 Å². The molecule has 0 saturated carbocycles. The summed E-state index contributed by atoms with van der Waals surface area (Å²) in [5.41, 5.74) is 1.81. The van der Waals surface area contributed by atoms with Gasteiger partial charge in [0, 0.05) is 6.54 Å². The van der Waals surface area contributed by atoms with Gasteiger partial charge in [-0.25, -0.2) is 0 Å². The van der Waals surface area contributed by atoms with Crippen LogP contribution in [0.1, 0.15) is 17.2 Å². The number of phenols is 1. The molecule has 0 aliphatic heterocycles. The number of phenolic OH excluding ortho intramolecular Hbond substituents is 1. The summed E-state index contributed by atoms with van der Waals surface area (Å²) in [5, 5.41) is 21.8. The van der Waals surface area contributed by atoms with E-state index in [2.05, 4.69) is 11.4 Å². The summed E-state index contributed by atoms with van der Waals surface area (Å²) in [6, 6.07) is 16.1. The van der Waals surface area contributed by atoms with Crippen molar-refractivity contribution in [1.82, 2.24) is 5.32 Å². The Balaban J connectivity index is 2.02. The zero-order valence-electron chi connectivity index (χ0n) is 11.2. The van der Waals surface area contributed by atoms with Gasteiger partial charge in [0.1, 0.15) is 17.5 Å². The summed E-state index contributed by atoms with van der Waals surface area (Å²) in [6.45, 7) is 0.567. The van der Waals surface area contributed by atoms with E-state index in [9.17, 15) is 10.4 Å². The number of ether oxygens (including phenoxy) is 1. The summed E-state index contributed by atoms with van der Waals surface area (Å²) >= 11 is 0. The minimum Gasteiger partial charge on any atom is -0.508 e. The van der Waals surface area contributed by atoms with Crippen LogP contribution in [0.5, 0.6) is 11.5 Å². The van der Waals surface area contributed by atoms with E-state index in [0.29, 0.717) is 6.54 Å². The number of hydrogen-bond donors (Lipinski definition) is 2. The lowest BCUT2D eigenvalue weighted by Crippen LogP contribution is -2.19. The Morgan fingerprint density at radius 3 is 2.60 bits per heavy atom. The molecular weight excluding hydrogens is 252 g/mol. The molecule has 4 heteroatoms. The summed E-state index contributed by atoms with van der Waals surface area (Å²) in [5.74, 6) is 0.965. The third kappa shape index (κ3) is 3.50. The number of nitriles is 1. The maximum absolute atomic E-state index is 9.45. The molecule has 102 valence electrons. The number of aromatic hydroxyl groups is 1. The van der Waals surface area contributed by atoms with Crippen LogP contribution in [0, 0.1) is 11.3 Å². The SMILES string of the molecule is COc1ccc(CNC(C#N)c2cccc(O)c2)cc1. The van der Waals surface area contributed by atoms with Crippen molar-refractivity contribution in [2.45, 2.75) is 12.6 Å². The van der Waals surface area contributed by atoms with Crippen molar-refractivity contribution in [3.05, 3.63) is 59.7 Å². The molecule has 0 spiro atoms. The topological polar surface area (TPSA) is 65.3 Å². The summed E-state index contributed by atoms with van der Waals surface area (Å²) in [7, 11) is 1.63. The fourth-order valence-electron chi connectivity index (χ4n) is 1.91. The predicted octanol–water partition coefficient (Wildman–Crippen LogP) is 2.76. The van der Waals surface area contributed by atoms with Gasteiger partial charge in [0.15, 0.2) is 0 Å². The Kier molecular flexibility index (Phi) is 4.59. The minimum atomic E-state index is -0.454. The van der Waals surface area contributed by atoms with Gasteiger partial charge in [0.25, 0.3) is 0 Å². The summed E-state index contributed by atoms with van der Waals surface area (Å²) in [6.07, 6.45) is 0. The van der Waals surface area contributed by atoms with Gasteiger partial charge in [-0.2, -0.15) is 5.26 Å². The zero-order valence-corrected chi connectivity index (χ0v) is 11.2. The lowest BCUT2D eigenvalue weighted by Gasteiger charge is -2.12. The van der Waals surface area contributed by atoms with Crippen LogP contribution < -0.4 is 10.1 Å². The van der Waals surface area contributed by atoms with E-state index >= 15 is 0 Å². The highest BCUT2D eigenvalue weighted by atomic mass is 16.5. The van der Waals surface area contributed by atoms with Crippen molar-refractivity contribution in [2.75, 3.05) is 7.11 Å². The molecule has 4 nitrogen and oxygen atoms in total. The van der Waals surface area contributed by atoms with Crippen LogP contribution in [0.2, 0.25) is 0 Å². The van der Waals surface area contributed by atoms with Crippen LogP contribution in [0.4, 0.5) is 0 Å². The molecule has 0 aliphatic carbocycles. The third-order valence-corrected chi connectivity index (χ3v) is 3.00. The summed E-state index contributed by atoms with van der Waals surface area (Å²) < 4.78 is 5.10. The summed E-state index contributed by atoms with van der Waals surface area (Å²) in [4.78, 5) is 0. The van der Waals surface area contributed by atoms with E-state index < -0.39 is 6.04 Å². The van der Waals surface area contributed by atoms with Crippen molar-refractivity contribution in [2.24, 2.45) is 0 Å². The lowest BCUT2D eigenvalue weighted by atomic mass is 10.1. The molecule has 2 N–H and O–H groups in total. The Morgan fingerprint density at radius 1 is 1.25 bits per heavy atom. The van der Waals surface area contributed by atoms with E-state index in [-0.39, 0.29) is 5.75 Å². The third-order valence-electron chi connectivity index (χ3n) is 3.00. The van der Waals surface area contributed by atoms with E-state index in [0.717, 1.165) is 16.9 Å². The van der Waals surface area contributed by atoms with Crippen LogP contribution in [0.3, 0.4) is 0 Å². The van der Waals surface area contributed by atoms with Crippen molar-refractivity contribution in [1.29, 1.82) is 5.26 Å². The van der Waals surface area contributed by atoms with Gasteiger partial charge >= 0.3 is 0 Å². The molecule has 0 saturated heterocycles. The van der Waals surface area contributed by atoms with Crippen LogP contribution in [-0.2, 0) is 6.54 Å². The molecule has 2 aromatic rings. The molecule has 0 fully saturated rings. The Morgan fingerprint density at radius 2 is 2.00 bits per heavy atom. The average molecular weight is 268 g/mol. The monoisotopic (exact) mass is 268 g/mol. The molecule has 1 atom stereocenters. The molecule has 0 aliphatic rings. The van der Waals surface area contributed by atoms with E-state index in [1.807, 2.05) is 30.3 Å². The molecule has 2 rings (SSSR count). The Hall–Kier alpha value is -2.51. The molecule has 0 heterocycles. The number of methoxy groups -OCH3 is 1. The quantitative estimate of drug-likeness (QED) is 0.875. The number of nitrogens with one attached hydrogen (secondary N) is 1. The molecule has 20 heavy (non-hydrogen) atoms. The predicted molar refractivity (Wildman–Crippen MR) is 76.3 cm³/mol. The molecular formula is C16H16N2O2. The van der Waals surface area contributed by atoms with Crippen molar-refractivity contribution < 1.29 is 9.84 Å². The first kappa shape index (κ1) is 13.9. The first-order valence-electron chi connectivity index (χ1n) is 6.28. The largest absolute Gasteiger partial charge is 0.508 e. The number of rotatable bonds is 5. The highest BCUT2D eigenvalue weighted by Crippen LogP contribution is 2.18. The van der Waals surface area contributed by atoms with Gasteiger partial charge in [-0.3, -0.25) is 5.32 Å². The molecule has 0 amide bonds. The highest BCUT2D eigenvalue weighted by molar-refractivity contribution is 5.32. The van der Waals surface area contributed by atoms with Gasteiger partial charge in [0.05, 0.1) is 13.2 Å².